The highest BCUT2D eigenvalue weighted by atomic mass is 15.1. The Kier molecular flexibility index (Phi) is 2.97. The minimum Gasteiger partial charge on any atom is -0.351 e. The van der Waals surface area contributed by atoms with Crippen molar-refractivity contribution in [2.75, 3.05) is 18.4 Å². The zero-order chi connectivity index (χ0) is 11.7. The van der Waals surface area contributed by atoms with Crippen LogP contribution < -0.4 is 10.6 Å². The van der Waals surface area contributed by atoms with E-state index < -0.39 is 0 Å². The number of nitrogens with zero attached hydrogens (tertiary/aromatic N) is 2. The molecule has 17 heavy (non-hydrogen) atoms. The topological polar surface area (TPSA) is 49.8 Å². The van der Waals surface area contributed by atoms with Gasteiger partial charge in [-0.1, -0.05) is 0 Å². The number of hydrogen-bond donors (Lipinski definition) is 2. The highest BCUT2D eigenvalue weighted by molar-refractivity contribution is 5.36. The maximum Gasteiger partial charge on any atom is 0.223 e. The molecule has 1 aliphatic heterocycles. The van der Waals surface area contributed by atoms with Gasteiger partial charge in [0.2, 0.25) is 5.95 Å². The van der Waals surface area contributed by atoms with E-state index in [4.69, 9.17) is 4.98 Å². The third-order valence-corrected chi connectivity index (χ3v) is 3.83. The molecule has 0 aromatic carbocycles. The van der Waals surface area contributed by atoms with Crippen molar-refractivity contribution in [2.24, 2.45) is 0 Å². The first-order valence-corrected chi connectivity index (χ1v) is 6.66. The molecule has 2 N–H and O–H groups in total. The Hall–Kier alpha value is -1.16. The van der Waals surface area contributed by atoms with Gasteiger partial charge in [-0.3, -0.25) is 0 Å². The maximum atomic E-state index is 4.69. The zero-order valence-corrected chi connectivity index (χ0v) is 10.4. The summed E-state index contributed by atoms with van der Waals surface area (Å²) in [7, 11) is 0. The lowest BCUT2D eigenvalue weighted by molar-refractivity contribution is 0.443. The molecular weight excluding hydrogens is 212 g/mol. The summed E-state index contributed by atoms with van der Waals surface area (Å²) in [4.78, 5) is 9.29. The molecule has 0 bridgehead atoms. The molecule has 4 nitrogen and oxygen atoms in total. The first kappa shape index (κ1) is 11.0. The van der Waals surface area contributed by atoms with Crippen molar-refractivity contribution in [2.45, 2.75) is 45.1 Å². The van der Waals surface area contributed by atoms with E-state index in [0.717, 1.165) is 37.6 Å². The van der Waals surface area contributed by atoms with E-state index in [1.807, 2.05) is 0 Å². The summed E-state index contributed by atoms with van der Waals surface area (Å²) >= 11 is 0. The average Bonchev–Trinajstić information content (AvgIpc) is 2.49. The summed E-state index contributed by atoms with van der Waals surface area (Å²) in [5.41, 5.74) is 3.75. The molecule has 2 aliphatic rings. The Morgan fingerprint density at radius 2 is 2.00 bits per heavy atom. The molecule has 0 atom stereocenters. The van der Waals surface area contributed by atoms with Crippen molar-refractivity contribution in [1.29, 1.82) is 0 Å². The number of fused-ring (bicyclic) bond motifs is 1. The average molecular weight is 232 g/mol. The summed E-state index contributed by atoms with van der Waals surface area (Å²) in [5, 5.41) is 6.86. The van der Waals surface area contributed by atoms with Crippen molar-refractivity contribution in [3.63, 3.8) is 0 Å². The molecule has 1 fully saturated rings. The van der Waals surface area contributed by atoms with Crippen LogP contribution in [0.25, 0.3) is 0 Å². The predicted octanol–water partition coefficient (Wildman–Crippen LogP) is 1.44. The molecule has 0 unspecified atom stereocenters. The molecule has 1 aromatic heterocycles. The van der Waals surface area contributed by atoms with Gasteiger partial charge in [0.25, 0.3) is 0 Å². The van der Waals surface area contributed by atoms with E-state index >= 15 is 0 Å². The fourth-order valence-electron chi connectivity index (χ4n) is 2.53. The van der Waals surface area contributed by atoms with E-state index in [1.165, 1.54) is 30.5 Å². The molecule has 0 saturated heterocycles. The van der Waals surface area contributed by atoms with Crippen LogP contribution in [0.15, 0.2) is 0 Å². The molecule has 0 amide bonds. The zero-order valence-electron chi connectivity index (χ0n) is 10.4. The molecule has 1 saturated carbocycles. The standard InChI is InChI=1S/C13H20N4/c1-9-11-5-7-14-8-6-12(11)17-13(15-9)16-10-3-2-4-10/h10,14H,2-8H2,1H3,(H,15,16,17). The van der Waals surface area contributed by atoms with Gasteiger partial charge in [-0.05, 0) is 44.7 Å². The van der Waals surface area contributed by atoms with Gasteiger partial charge in [0, 0.05) is 24.7 Å². The summed E-state index contributed by atoms with van der Waals surface area (Å²) in [6.07, 6.45) is 5.95. The summed E-state index contributed by atoms with van der Waals surface area (Å²) in [6, 6.07) is 0.608. The summed E-state index contributed by atoms with van der Waals surface area (Å²) in [5.74, 6) is 0.841. The molecule has 3 rings (SSSR count). The molecule has 0 radical (unpaired) electrons. The number of nitrogens with one attached hydrogen (secondary N) is 2. The van der Waals surface area contributed by atoms with E-state index in [0.29, 0.717) is 6.04 Å². The van der Waals surface area contributed by atoms with Crippen molar-refractivity contribution in [3.05, 3.63) is 17.0 Å². The molecule has 2 heterocycles. The number of rotatable bonds is 2. The molecule has 1 aliphatic carbocycles. The van der Waals surface area contributed by atoms with E-state index in [9.17, 15) is 0 Å². The van der Waals surface area contributed by atoms with E-state index in [1.54, 1.807) is 0 Å². The molecule has 4 heteroatoms. The van der Waals surface area contributed by atoms with Gasteiger partial charge in [-0.15, -0.1) is 0 Å². The van der Waals surface area contributed by atoms with Gasteiger partial charge in [0.05, 0.1) is 5.69 Å². The Balaban J connectivity index is 1.85. The van der Waals surface area contributed by atoms with Gasteiger partial charge in [0.1, 0.15) is 0 Å². The van der Waals surface area contributed by atoms with Crippen molar-refractivity contribution >= 4 is 5.95 Å². The maximum absolute atomic E-state index is 4.69. The predicted molar refractivity (Wildman–Crippen MR) is 68.3 cm³/mol. The second kappa shape index (κ2) is 4.61. The fourth-order valence-corrected chi connectivity index (χ4v) is 2.53. The number of hydrogen-bond acceptors (Lipinski definition) is 4. The summed E-state index contributed by atoms with van der Waals surface area (Å²) < 4.78 is 0. The Bertz CT molecular complexity index is 412. The van der Waals surface area contributed by atoms with Crippen LogP contribution in [0.4, 0.5) is 5.95 Å². The first-order chi connectivity index (χ1) is 8.33. The van der Waals surface area contributed by atoms with Gasteiger partial charge in [-0.25, -0.2) is 9.97 Å². The monoisotopic (exact) mass is 232 g/mol. The van der Waals surface area contributed by atoms with Crippen LogP contribution in [0.3, 0.4) is 0 Å². The van der Waals surface area contributed by atoms with Crippen LogP contribution in [-0.2, 0) is 12.8 Å². The molecule has 92 valence electrons. The van der Waals surface area contributed by atoms with E-state index in [-0.39, 0.29) is 0 Å². The highest BCUT2D eigenvalue weighted by Crippen LogP contribution is 2.23. The van der Waals surface area contributed by atoms with Crippen LogP contribution in [-0.4, -0.2) is 29.1 Å². The first-order valence-electron chi connectivity index (χ1n) is 6.66. The summed E-state index contributed by atoms with van der Waals surface area (Å²) in [6.45, 7) is 4.19. The third kappa shape index (κ3) is 2.27. The largest absolute Gasteiger partial charge is 0.351 e. The smallest absolute Gasteiger partial charge is 0.223 e. The lowest BCUT2D eigenvalue weighted by Gasteiger charge is -2.26. The fraction of sp³-hybridized carbons (Fsp3) is 0.692. The van der Waals surface area contributed by atoms with Gasteiger partial charge < -0.3 is 10.6 Å². The quantitative estimate of drug-likeness (QED) is 0.810. The van der Waals surface area contributed by atoms with Crippen LogP contribution in [0, 0.1) is 6.92 Å². The second-order valence-electron chi connectivity index (χ2n) is 5.08. The third-order valence-electron chi connectivity index (χ3n) is 3.83. The van der Waals surface area contributed by atoms with Crippen molar-refractivity contribution < 1.29 is 0 Å². The van der Waals surface area contributed by atoms with Crippen LogP contribution >= 0.6 is 0 Å². The minimum atomic E-state index is 0.608. The van der Waals surface area contributed by atoms with Crippen LogP contribution in [0.1, 0.15) is 36.2 Å². The Morgan fingerprint density at radius 1 is 1.18 bits per heavy atom. The number of anilines is 1. The number of aromatic nitrogens is 2. The lowest BCUT2D eigenvalue weighted by atomic mass is 9.93. The SMILES string of the molecule is Cc1nc(NC2CCC2)nc2c1CCNCC2. The Morgan fingerprint density at radius 3 is 2.76 bits per heavy atom. The minimum absolute atomic E-state index is 0.608. The second-order valence-corrected chi connectivity index (χ2v) is 5.08. The molecule has 0 spiro atoms. The van der Waals surface area contributed by atoms with Gasteiger partial charge >= 0.3 is 0 Å². The molecule has 1 aromatic rings. The van der Waals surface area contributed by atoms with Gasteiger partial charge in [-0.2, -0.15) is 0 Å². The normalized spacial score (nSPS) is 20.3. The van der Waals surface area contributed by atoms with Crippen molar-refractivity contribution in [1.82, 2.24) is 15.3 Å². The van der Waals surface area contributed by atoms with Crippen LogP contribution in [0.5, 0.6) is 0 Å². The van der Waals surface area contributed by atoms with Gasteiger partial charge in [0.15, 0.2) is 0 Å². The number of aryl methyl sites for hydroxylation is 1. The lowest BCUT2D eigenvalue weighted by Crippen LogP contribution is -2.28. The molecular formula is C13H20N4. The van der Waals surface area contributed by atoms with E-state index in [2.05, 4.69) is 22.5 Å². The van der Waals surface area contributed by atoms with Crippen molar-refractivity contribution in [3.8, 4) is 0 Å². The highest BCUT2D eigenvalue weighted by Gasteiger charge is 2.20. The van der Waals surface area contributed by atoms with Crippen LogP contribution in [0.2, 0.25) is 0 Å². The Labute approximate surface area is 102 Å².